The van der Waals surface area contributed by atoms with Crippen molar-refractivity contribution >= 4 is 11.6 Å². The van der Waals surface area contributed by atoms with Crippen LogP contribution in [0.3, 0.4) is 0 Å². The lowest BCUT2D eigenvalue weighted by Gasteiger charge is -2.09. The Labute approximate surface area is 82.1 Å². The van der Waals surface area contributed by atoms with E-state index >= 15 is 0 Å². The van der Waals surface area contributed by atoms with E-state index in [1.807, 2.05) is 0 Å². The number of nitrogens with two attached hydrogens (primary N) is 1. The third-order valence-electron chi connectivity index (χ3n) is 1.78. The number of phenolic OH excluding ortho intramolecular Hbond substituents is 1. The normalized spacial score (nSPS) is 10.1. The molecule has 0 aliphatic rings. The van der Waals surface area contributed by atoms with Crippen molar-refractivity contribution in [3.8, 4) is 11.5 Å². The fourth-order valence-electron chi connectivity index (χ4n) is 1.14. The van der Waals surface area contributed by atoms with E-state index in [9.17, 15) is 5.11 Å². The summed E-state index contributed by atoms with van der Waals surface area (Å²) in [6, 6.07) is 3.43. The summed E-state index contributed by atoms with van der Waals surface area (Å²) in [5.41, 5.74) is 6.13. The Morgan fingerprint density at radius 2 is 2.23 bits per heavy atom. The maximum absolute atomic E-state index is 9.64. The number of benzene rings is 1. The molecule has 72 valence electrons. The van der Waals surface area contributed by atoms with Crippen LogP contribution in [-0.4, -0.2) is 18.8 Å². The fourth-order valence-corrected chi connectivity index (χ4v) is 1.37. The van der Waals surface area contributed by atoms with Gasteiger partial charge in [-0.25, -0.2) is 0 Å². The minimum absolute atomic E-state index is 0.0838. The van der Waals surface area contributed by atoms with Gasteiger partial charge in [-0.05, 0) is 24.6 Å². The highest BCUT2D eigenvalue weighted by Crippen LogP contribution is 2.36. The lowest BCUT2D eigenvalue weighted by atomic mass is 10.1. The molecule has 1 aromatic carbocycles. The second-order valence-corrected chi connectivity index (χ2v) is 3.03. The predicted octanol–water partition coefficient (Wildman–Crippen LogP) is 1.56. The average molecular weight is 202 g/mol. The van der Waals surface area contributed by atoms with Crippen LogP contribution in [0.4, 0.5) is 0 Å². The van der Waals surface area contributed by atoms with Gasteiger partial charge in [-0.1, -0.05) is 17.7 Å². The Bertz CT molecular complexity index is 302. The first-order chi connectivity index (χ1) is 6.20. The number of methoxy groups -OCH3 is 1. The van der Waals surface area contributed by atoms with Crippen LogP contribution < -0.4 is 10.5 Å². The van der Waals surface area contributed by atoms with Crippen molar-refractivity contribution < 1.29 is 9.84 Å². The van der Waals surface area contributed by atoms with E-state index in [0.717, 1.165) is 5.56 Å². The van der Waals surface area contributed by atoms with Crippen LogP contribution in [0.15, 0.2) is 12.1 Å². The first-order valence-corrected chi connectivity index (χ1v) is 4.33. The number of rotatable bonds is 3. The molecule has 4 heteroatoms. The fraction of sp³-hybridized carbons (Fsp3) is 0.333. The smallest absolute Gasteiger partial charge is 0.179 e. The number of hydrogen-bond acceptors (Lipinski definition) is 3. The van der Waals surface area contributed by atoms with Gasteiger partial charge in [-0.15, -0.1) is 0 Å². The van der Waals surface area contributed by atoms with Crippen LogP contribution in [0.5, 0.6) is 11.5 Å². The quantitative estimate of drug-likeness (QED) is 0.781. The van der Waals surface area contributed by atoms with Crippen molar-refractivity contribution in [1.29, 1.82) is 0 Å². The van der Waals surface area contributed by atoms with Gasteiger partial charge in [0.05, 0.1) is 12.1 Å². The molecule has 0 heterocycles. The predicted molar refractivity (Wildman–Crippen MR) is 52.4 cm³/mol. The minimum atomic E-state index is 0.0838. The zero-order chi connectivity index (χ0) is 9.84. The molecule has 0 amide bonds. The number of phenols is 1. The first-order valence-electron chi connectivity index (χ1n) is 3.95. The first kappa shape index (κ1) is 10.2. The molecular weight excluding hydrogens is 190 g/mol. The maximum Gasteiger partial charge on any atom is 0.179 e. The van der Waals surface area contributed by atoms with E-state index < -0.39 is 0 Å². The molecule has 0 unspecified atom stereocenters. The summed E-state index contributed by atoms with van der Waals surface area (Å²) in [5.74, 6) is 0.396. The third-order valence-corrected chi connectivity index (χ3v) is 2.08. The number of aromatic hydroxyl groups is 1. The molecule has 0 saturated heterocycles. The molecule has 13 heavy (non-hydrogen) atoms. The SMILES string of the molecule is COc1c(Cl)ccc(CCN)c1O. The molecule has 3 N–H and O–H groups in total. The topological polar surface area (TPSA) is 55.5 Å². The summed E-state index contributed by atoms with van der Waals surface area (Å²) in [5, 5.41) is 10.0. The van der Waals surface area contributed by atoms with E-state index in [0.29, 0.717) is 23.7 Å². The van der Waals surface area contributed by atoms with Gasteiger partial charge in [0.1, 0.15) is 0 Å². The Hall–Kier alpha value is -0.930. The van der Waals surface area contributed by atoms with E-state index in [-0.39, 0.29) is 5.75 Å². The average Bonchev–Trinajstić information content (AvgIpc) is 2.11. The molecule has 3 nitrogen and oxygen atoms in total. The van der Waals surface area contributed by atoms with E-state index in [4.69, 9.17) is 22.1 Å². The van der Waals surface area contributed by atoms with Crippen LogP contribution in [0.2, 0.25) is 5.02 Å². The van der Waals surface area contributed by atoms with Gasteiger partial charge < -0.3 is 15.6 Å². The Morgan fingerprint density at radius 1 is 1.54 bits per heavy atom. The Balaban J connectivity index is 3.11. The zero-order valence-electron chi connectivity index (χ0n) is 7.38. The summed E-state index contributed by atoms with van der Waals surface area (Å²) in [6.07, 6.45) is 0.610. The molecular formula is C9H12ClNO2. The molecule has 0 bridgehead atoms. The van der Waals surface area contributed by atoms with Crippen LogP contribution >= 0.6 is 11.6 Å². The molecule has 0 aliphatic heterocycles. The van der Waals surface area contributed by atoms with Crippen molar-refractivity contribution in [1.82, 2.24) is 0 Å². The lowest BCUT2D eigenvalue weighted by molar-refractivity contribution is 0.371. The highest BCUT2D eigenvalue weighted by atomic mass is 35.5. The molecule has 0 atom stereocenters. The van der Waals surface area contributed by atoms with E-state index in [1.165, 1.54) is 7.11 Å². The second kappa shape index (κ2) is 4.35. The number of ether oxygens (including phenoxy) is 1. The summed E-state index contributed by atoms with van der Waals surface area (Å²) in [6.45, 7) is 0.484. The van der Waals surface area contributed by atoms with Crippen molar-refractivity contribution in [3.05, 3.63) is 22.7 Å². The summed E-state index contributed by atoms with van der Waals surface area (Å²) >= 11 is 5.79. The van der Waals surface area contributed by atoms with Crippen LogP contribution in [0.1, 0.15) is 5.56 Å². The monoisotopic (exact) mass is 201 g/mol. The van der Waals surface area contributed by atoms with Gasteiger partial charge in [0, 0.05) is 0 Å². The minimum Gasteiger partial charge on any atom is -0.504 e. The van der Waals surface area contributed by atoms with Gasteiger partial charge in [-0.2, -0.15) is 0 Å². The van der Waals surface area contributed by atoms with Crippen molar-refractivity contribution in [3.63, 3.8) is 0 Å². The van der Waals surface area contributed by atoms with Gasteiger partial charge >= 0.3 is 0 Å². The largest absolute Gasteiger partial charge is 0.504 e. The van der Waals surface area contributed by atoms with Gasteiger partial charge in [0.15, 0.2) is 11.5 Å². The Kier molecular flexibility index (Phi) is 3.39. The van der Waals surface area contributed by atoms with Crippen LogP contribution in [0.25, 0.3) is 0 Å². The standard InChI is InChI=1S/C9H12ClNO2/c1-13-9-7(10)3-2-6(4-5-11)8(9)12/h2-3,12H,4-5,11H2,1H3. The van der Waals surface area contributed by atoms with Crippen molar-refractivity contribution in [2.75, 3.05) is 13.7 Å². The molecule has 0 saturated carbocycles. The number of hydrogen-bond donors (Lipinski definition) is 2. The van der Waals surface area contributed by atoms with Gasteiger partial charge in [0.25, 0.3) is 0 Å². The highest BCUT2D eigenvalue weighted by molar-refractivity contribution is 6.32. The van der Waals surface area contributed by atoms with Gasteiger partial charge in [-0.3, -0.25) is 0 Å². The van der Waals surface area contributed by atoms with E-state index in [2.05, 4.69) is 0 Å². The molecule has 0 aromatic heterocycles. The van der Waals surface area contributed by atoms with Crippen molar-refractivity contribution in [2.24, 2.45) is 5.73 Å². The third kappa shape index (κ3) is 2.05. The molecule has 0 aliphatic carbocycles. The second-order valence-electron chi connectivity index (χ2n) is 2.63. The van der Waals surface area contributed by atoms with Crippen LogP contribution in [0, 0.1) is 0 Å². The lowest BCUT2D eigenvalue weighted by Crippen LogP contribution is -2.03. The van der Waals surface area contributed by atoms with E-state index in [1.54, 1.807) is 12.1 Å². The van der Waals surface area contributed by atoms with Crippen LogP contribution in [-0.2, 0) is 6.42 Å². The molecule has 1 aromatic rings. The molecule has 0 spiro atoms. The Morgan fingerprint density at radius 3 is 2.77 bits per heavy atom. The molecule has 1 rings (SSSR count). The summed E-state index contributed by atoms with van der Waals surface area (Å²) in [4.78, 5) is 0. The summed E-state index contributed by atoms with van der Waals surface area (Å²) in [7, 11) is 1.47. The highest BCUT2D eigenvalue weighted by Gasteiger charge is 2.10. The zero-order valence-corrected chi connectivity index (χ0v) is 8.14. The maximum atomic E-state index is 9.64. The summed E-state index contributed by atoms with van der Waals surface area (Å²) < 4.78 is 4.94. The number of halogens is 1. The molecule has 0 fully saturated rings. The van der Waals surface area contributed by atoms with Crippen molar-refractivity contribution in [2.45, 2.75) is 6.42 Å². The van der Waals surface area contributed by atoms with Gasteiger partial charge in [0.2, 0.25) is 0 Å². The molecule has 0 radical (unpaired) electrons.